The maximum atomic E-state index is 6.31. The zero-order chi connectivity index (χ0) is 15.2. The van der Waals surface area contributed by atoms with Gasteiger partial charge in [-0.15, -0.1) is 0 Å². The molecule has 21 heavy (non-hydrogen) atoms. The molecule has 0 fully saturated rings. The summed E-state index contributed by atoms with van der Waals surface area (Å²) in [5.41, 5.74) is 3.76. The number of hydrogen-bond acceptors (Lipinski definition) is 1. The molecule has 0 saturated carbocycles. The van der Waals surface area contributed by atoms with Crippen molar-refractivity contribution in [2.45, 2.75) is 32.7 Å². The van der Waals surface area contributed by atoms with Crippen molar-refractivity contribution in [2.75, 3.05) is 6.54 Å². The molecule has 112 valence electrons. The molecule has 0 heterocycles. The Hall–Kier alpha value is -0.830. The molecular formula is C18H21BrClN. The first kappa shape index (κ1) is 16.5. The van der Waals surface area contributed by atoms with E-state index in [1.807, 2.05) is 18.2 Å². The Labute approximate surface area is 140 Å². The maximum absolute atomic E-state index is 6.31. The van der Waals surface area contributed by atoms with Crippen molar-refractivity contribution in [1.82, 2.24) is 5.32 Å². The van der Waals surface area contributed by atoms with Crippen LogP contribution in [0.15, 0.2) is 46.9 Å². The highest BCUT2D eigenvalue weighted by Crippen LogP contribution is 2.26. The monoisotopic (exact) mass is 365 g/mol. The molecule has 1 atom stereocenters. The molecule has 2 aromatic carbocycles. The van der Waals surface area contributed by atoms with Gasteiger partial charge in [-0.3, -0.25) is 0 Å². The van der Waals surface area contributed by atoms with Crippen molar-refractivity contribution in [3.8, 4) is 0 Å². The van der Waals surface area contributed by atoms with Gasteiger partial charge >= 0.3 is 0 Å². The van der Waals surface area contributed by atoms with Gasteiger partial charge in [0.25, 0.3) is 0 Å². The minimum absolute atomic E-state index is 0.289. The number of hydrogen-bond donors (Lipinski definition) is 1. The Balaban J connectivity index is 2.25. The molecule has 1 unspecified atom stereocenters. The van der Waals surface area contributed by atoms with Gasteiger partial charge in [0.2, 0.25) is 0 Å². The molecule has 0 aromatic heterocycles. The minimum atomic E-state index is 0.289. The number of rotatable bonds is 6. The highest BCUT2D eigenvalue weighted by atomic mass is 79.9. The van der Waals surface area contributed by atoms with Crippen molar-refractivity contribution in [2.24, 2.45) is 0 Å². The van der Waals surface area contributed by atoms with Gasteiger partial charge < -0.3 is 5.32 Å². The van der Waals surface area contributed by atoms with E-state index >= 15 is 0 Å². The zero-order valence-electron chi connectivity index (χ0n) is 12.5. The standard InChI is InChI=1S/C18H21BrClN/c1-3-10-21-18(12-14-6-4-5-7-17(14)20)15-8-9-16(19)13(2)11-15/h4-9,11,18,21H,3,10,12H2,1-2H3. The van der Waals surface area contributed by atoms with Gasteiger partial charge in [0.05, 0.1) is 0 Å². The fourth-order valence-electron chi connectivity index (χ4n) is 2.39. The second-order valence-corrected chi connectivity index (χ2v) is 6.57. The van der Waals surface area contributed by atoms with Crippen molar-refractivity contribution < 1.29 is 0 Å². The summed E-state index contributed by atoms with van der Waals surface area (Å²) in [6.45, 7) is 5.32. The van der Waals surface area contributed by atoms with Crippen LogP contribution in [0.2, 0.25) is 5.02 Å². The van der Waals surface area contributed by atoms with Crippen LogP contribution in [-0.2, 0) is 6.42 Å². The van der Waals surface area contributed by atoms with Crippen LogP contribution in [0.4, 0.5) is 0 Å². The molecule has 0 aliphatic carbocycles. The van der Waals surface area contributed by atoms with E-state index in [0.717, 1.165) is 28.9 Å². The fraction of sp³-hybridized carbons (Fsp3) is 0.333. The lowest BCUT2D eigenvalue weighted by Gasteiger charge is -2.20. The highest BCUT2D eigenvalue weighted by molar-refractivity contribution is 9.10. The van der Waals surface area contributed by atoms with E-state index < -0.39 is 0 Å². The summed E-state index contributed by atoms with van der Waals surface area (Å²) >= 11 is 9.88. The van der Waals surface area contributed by atoms with Gasteiger partial charge in [-0.25, -0.2) is 0 Å². The molecule has 3 heteroatoms. The first-order valence-corrected chi connectivity index (χ1v) is 8.51. The second kappa shape index (κ2) is 7.98. The molecule has 0 bridgehead atoms. The van der Waals surface area contributed by atoms with Crippen molar-refractivity contribution in [1.29, 1.82) is 0 Å². The van der Waals surface area contributed by atoms with E-state index in [9.17, 15) is 0 Å². The SMILES string of the molecule is CCCNC(Cc1ccccc1Cl)c1ccc(Br)c(C)c1. The molecule has 0 radical (unpaired) electrons. The predicted octanol–water partition coefficient (Wildman–Crippen LogP) is 5.69. The van der Waals surface area contributed by atoms with Gasteiger partial charge in [0.15, 0.2) is 0 Å². The highest BCUT2D eigenvalue weighted by Gasteiger charge is 2.14. The minimum Gasteiger partial charge on any atom is -0.310 e. The van der Waals surface area contributed by atoms with Crippen molar-refractivity contribution >= 4 is 27.5 Å². The van der Waals surface area contributed by atoms with Crippen LogP contribution in [-0.4, -0.2) is 6.54 Å². The van der Waals surface area contributed by atoms with E-state index in [1.165, 1.54) is 16.7 Å². The van der Waals surface area contributed by atoms with Crippen LogP contribution in [0.5, 0.6) is 0 Å². The molecule has 0 aliphatic rings. The fourth-order valence-corrected chi connectivity index (χ4v) is 2.85. The summed E-state index contributed by atoms with van der Waals surface area (Å²) in [6, 6.07) is 14.9. The van der Waals surface area contributed by atoms with E-state index in [-0.39, 0.29) is 6.04 Å². The quantitative estimate of drug-likeness (QED) is 0.692. The molecule has 0 amide bonds. The molecule has 1 nitrogen and oxygen atoms in total. The molecule has 0 saturated heterocycles. The lowest BCUT2D eigenvalue weighted by Crippen LogP contribution is -2.24. The number of halogens is 2. The smallest absolute Gasteiger partial charge is 0.0438 e. The summed E-state index contributed by atoms with van der Waals surface area (Å²) in [5, 5.41) is 4.48. The maximum Gasteiger partial charge on any atom is 0.0438 e. The summed E-state index contributed by atoms with van der Waals surface area (Å²) < 4.78 is 1.15. The molecule has 0 spiro atoms. The van der Waals surface area contributed by atoms with Crippen molar-refractivity contribution in [3.63, 3.8) is 0 Å². The summed E-state index contributed by atoms with van der Waals surface area (Å²) in [6.07, 6.45) is 2.02. The Morgan fingerprint density at radius 3 is 2.62 bits per heavy atom. The van der Waals surface area contributed by atoms with E-state index in [4.69, 9.17) is 11.6 Å². The summed E-state index contributed by atoms with van der Waals surface area (Å²) in [4.78, 5) is 0. The molecule has 2 aromatic rings. The Kier molecular flexibility index (Phi) is 6.28. The third-order valence-corrected chi connectivity index (χ3v) is 4.87. The summed E-state index contributed by atoms with van der Waals surface area (Å²) in [7, 11) is 0. The van der Waals surface area contributed by atoms with Crippen LogP contribution in [0.25, 0.3) is 0 Å². The summed E-state index contributed by atoms with van der Waals surface area (Å²) in [5.74, 6) is 0. The van der Waals surface area contributed by atoms with Crippen molar-refractivity contribution in [3.05, 3.63) is 68.7 Å². The largest absolute Gasteiger partial charge is 0.310 e. The Morgan fingerprint density at radius 2 is 1.95 bits per heavy atom. The average molecular weight is 367 g/mol. The number of benzene rings is 2. The predicted molar refractivity (Wildman–Crippen MR) is 95.1 cm³/mol. The first-order chi connectivity index (χ1) is 10.1. The number of nitrogens with one attached hydrogen (secondary N) is 1. The normalized spacial score (nSPS) is 12.4. The third kappa shape index (κ3) is 4.57. The van der Waals surface area contributed by atoms with Gasteiger partial charge in [-0.05, 0) is 55.1 Å². The lowest BCUT2D eigenvalue weighted by molar-refractivity contribution is 0.529. The molecule has 1 N–H and O–H groups in total. The van der Waals surface area contributed by atoms with Gasteiger partial charge in [0.1, 0.15) is 0 Å². The van der Waals surface area contributed by atoms with E-state index in [0.29, 0.717) is 0 Å². The van der Waals surface area contributed by atoms with Gasteiger partial charge in [0, 0.05) is 15.5 Å². The van der Waals surface area contributed by atoms with Crippen LogP contribution in [0.3, 0.4) is 0 Å². The zero-order valence-corrected chi connectivity index (χ0v) is 14.8. The average Bonchev–Trinajstić information content (AvgIpc) is 2.48. The second-order valence-electron chi connectivity index (χ2n) is 5.31. The molecular weight excluding hydrogens is 346 g/mol. The first-order valence-electron chi connectivity index (χ1n) is 7.34. The molecule has 2 rings (SSSR count). The van der Waals surface area contributed by atoms with Crippen LogP contribution < -0.4 is 5.32 Å². The lowest BCUT2D eigenvalue weighted by atomic mass is 9.97. The van der Waals surface area contributed by atoms with E-state index in [1.54, 1.807) is 0 Å². The topological polar surface area (TPSA) is 12.0 Å². The van der Waals surface area contributed by atoms with Crippen LogP contribution >= 0.6 is 27.5 Å². The Bertz CT molecular complexity index is 598. The van der Waals surface area contributed by atoms with E-state index in [2.05, 4.69) is 59.4 Å². The Morgan fingerprint density at radius 1 is 1.19 bits per heavy atom. The van der Waals surface area contributed by atoms with Gasteiger partial charge in [-0.2, -0.15) is 0 Å². The van der Waals surface area contributed by atoms with Gasteiger partial charge in [-0.1, -0.05) is 64.8 Å². The van der Waals surface area contributed by atoms with Crippen LogP contribution in [0, 0.1) is 6.92 Å². The number of aryl methyl sites for hydroxylation is 1. The molecule has 0 aliphatic heterocycles. The van der Waals surface area contributed by atoms with Crippen LogP contribution in [0.1, 0.15) is 36.1 Å². The third-order valence-electron chi connectivity index (χ3n) is 3.61.